The van der Waals surface area contributed by atoms with Gasteiger partial charge in [0.25, 0.3) is 0 Å². The van der Waals surface area contributed by atoms with Crippen molar-refractivity contribution < 1.29 is 14.6 Å². The maximum atomic E-state index is 12.5. The first kappa shape index (κ1) is 29.5. The Kier molecular flexibility index (Phi) is 8.34. The number of thiazole rings is 1. The molecule has 0 unspecified atom stereocenters. The zero-order chi connectivity index (χ0) is 30.2. The highest BCUT2D eigenvalue weighted by molar-refractivity contribution is 7.20. The van der Waals surface area contributed by atoms with Crippen LogP contribution in [0.1, 0.15) is 22.6 Å². The molecule has 2 saturated heterocycles. The van der Waals surface area contributed by atoms with E-state index >= 15 is 0 Å². The van der Waals surface area contributed by atoms with Crippen LogP contribution in [0, 0.1) is 18.3 Å². The Morgan fingerprint density at radius 2 is 1.95 bits per heavy atom. The van der Waals surface area contributed by atoms with Gasteiger partial charge in [0, 0.05) is 58.4 Å². The number of fused-ring (bicyclic) bond motifs is 1. The Morgan fingerprint density at radius 1 is 1.19 bits per heavy atom. The molecule has 0 radical (unpaired) electrons. The van der Waals surface area contributed by atoms with E-state index in [4.69, 9.17) is 19.8 Å². The highest BCUT2D eigenvalue weighted by atomic mass is 32.1. The lowest BCUT2D eigenvalue weighted by Gasteiger charge is -2.37. The van der Waals surface area contributed by atoms with Gasteiger partial charge in [0.15, 0.2) is 10.9 Å². The number of hydrogen-bond donors (Lipinski definition) is 1. The van der Waals surface area contributed by atoms with Crippen LogP contribution in [0.5, 0.6) is 0 Å². The highest BCUT2D eigenvalue weighted by Crippen LogP contribution is 2.38. The van der Waals surface area contributed by atoms with Crippen molar-refractivity contribution in [3.63, 3.8) is 0 Å². The number of anilines is 3. The van der Waals surface area contributed by atoms with Crippen molar-refractivity contribution in [2.45, 2.75) is 31.9 Å². The predicted octanol–water partition coefficient (Wildman–Crippen LogP) is 2.76. The quantitative estimate of drug-likeness (QED) is 0.283. The Balaban J connectivity index is 1.24. The van der Waals surface area contributed by atoms with E-state index in [0.717, 1.165) is 52.2 Å². The molecular weight excluding hydrogens is 587 g/mol. The zero-order valence-electron chi connectivity index (χ0n) is 24.7. The summed E-state index contributed by atoms with van der Waals surface area (Å²) in [6.07, 6.45) is 1.15. The number of aryl methyl sites for hydroxylation is 1. The third-order valence-corrected chi connectivity index (χ3v) is 10.1. The van der Waals surface area contributed by atoms with Crippen LogP contribution in [-0.4, -0.2) is 113 Å². The molecule has 2 aliphatic rings. The molecule has 43 heavy (non-hydrogen) atoms. The Labute approximate surface area is 258 Å². The first-order valence-electron chi connectivity index (χ1n) is 14.3. The van der Waals surface area contributed by atoms with Crippen LogP contribution in [0.4, 0.5) is 16.1 Å². The molecule has 1 atom stereocenters. The monoisotopic (exact) mass is 621 g/mol. The topological polar surface area (TPSA) is 126 Å². The van der Waals surface area contributed by atoms with Gasteiger partial charge in [0.05, 0.1) is 24.9 Å². The fourth-order valence-corrected chi connectivity index (χ4v) is 7.30. The number of nitrogens with zero attached hydrogens (tertiary/aromatic N) is 9. The van der Waals surface area contributed by atoms with Crippen molar-refractivity contribution in [2.75, 3.05) is 70.3 Å². The summed E-state index contributed by atoms with van der Waals surface area (Å²) in [6.45, 7) is 5.35. The molecule has 226 valence electrons. The molecule has 0 bridgehead atoms. The number of β-amino-alcohol motifs (C(OH)–C–C–N with tert-alkyl or cyclic N) is 1. The highest BCUT2D eigenvalue weighted by Gasteiger charge is 2.33. The molecule has 14 heteroatoms. The lowest BCUT2D eigenvalue weighted by atomic mass is 10.1. The largest absolute Gasteiger partial charge is 0.389 e. The molecule has 0 aliphatic carbocycles. The van der Waals surface area contributed by atoms with Crippen LogP contribution >= 0.6 is 22.7 Å². The first-order valence-corrected chi connectivity index (χ1v) is 15.9. The number of hydrogen-bond acceptors (Lipinski definition) is 12. The number of nitriles is 1. The van der Waals surface area contributed by atoms with Crippen LogP contribution in [0.2, 0.25) is 0 Å². The average Bonchev–Trinajstić information content (AvgIpc) is 3.76. The summed E-state index contributed by atoms with van der Waals surface area (Å²) < 4.78 is 7.25. The van der Waals surface area contributed by atoms with Gasteiger partial charge in [-0.25, -0.2) is 9.97 Å². The molecule has 2 fully saturated rings. The second-order valence-corrected chi connectivity index (χ2v) is 13.1. The lowest BCUT2D eigenvalue weighted by Crippen LogP contribution is -2.56. The van der Waals surface area contributed by atoms with E-state index in [0.29, 0.717) is 48.4 Å². The third kappa shape index (κ3) is 5.83. The second kappa shape index (κ2) is 12.2. The molecule has 0 saturated carbocycles. The van der Waals surface area contributed by atoms with Gasteiger partial charge in [0.1, 0.15) is 16.6 Å². The van der Waals surface area contributed by atoms with Gasteiger partial charge in [-0.2, -0.15) is 9.78 Å². The van der Waals surface area contributed by atoms with Crippen molar-refractivity contribution in [3.05, 3.63) is 40.4 Å². The number of carbonyl (C=O) groups excluding carboxylic acids is 1. The van der Waals surface area contributed by atoms with E-state index in [9.17, 15) is 15.2 Å². The van der Waals surface area contributed by atoms with Crippen molar-refractivity contribution in [3.8, 4) is 17.3 Å². The fraction of sp³-hybridized carbons (Fsp3) is 0.483. The van der Waals surface area contributed by atoms with Gasteiger partial charge in [-0.1, -0.05) is 52.5 Å². The Morgan fingerprint density at radius 3 is 2.65 bits per heavy atom. The minimum absolute atomic E-state index is 0.0579. The van der Waals surface area contributed by atoms with Crippen LogP contribution in [-0.2, 0) is 16.0 Å². The number of imidazole rings is 1. The molecule has 12 nitrogen and oxygen atoms in total. The number of amides is 1. The van der Waals surface area contributed by atoms with Gasteiger partial charge in [0.2, 0.25) is 16.0 Å². The standard InChI is InChI=1S/C29H35N9O3S2/c1-18-5-7-19(8-6-18)25-23(13-30)42-27(32-25)35(3)26-22(10-12-41-4)31-28-38(26)33-29(43-28)36-11-9-20(14-36)34(2)17-24(40)37-15-21(39)16-37/h5-8,20-21,39H,9-12,14-17H2,1-4H3/t20-/m1/s1. The van der Waals surface area contributed by atoms with E-state index in [-0.39, 0.29) is 11.9 Å². The van der Waals surface area contributed by atoms with Gasteiger partial charge in [-0.05, 0) is 20.4 Å². The van der Waals surface area contributed by atoms with Crippen LogP contribution in [0.3, 0.4) is 0 Å². The van der Waals surface area contributed by atoms with Crippen molar-refractivity contribution in [1.29, 1.82) is 5.26 Å². The van der Waals surface area contributed by atoms with E-state index in [1.807, 2.05) is 54.7 Å². The number of methoxy groups -OCH3 is 1. The average molecular weight is 622 g/mol. The predicted molar refractivity (Wildman–Crippen MR) is 167 cm³/mol. The maximum Gasteiger partial charge on any atom is 0.236 e. The first-order chi connectivity index (χ1) is 20.7. The number of carbonyl (C=O) groups is 1. The maximum absolute atomic E-state index is 12.5. The lowest BCUT2D eigenvalue weighted by molar-refractivity contribution is -0.142. The molecule has 1 aromatic carbocycles. The van der Waals surface area contributed by atoms with Crippen LogP contribution < -0.4 is 9.80 Å². The van der Waals surface area contributed by atoms with E-state index in [1.54, 1.807) is 23.3 Å². The summed E-state index contributed by atoms with van der Waals surface area (Å²) in [6, 6.07) is 10.6. The van der Waals surface area contributed by atoms with E-state index < -0.39 is 6.10 Å². The van der Waals surface area contributed by atoms with E-state index in [1.165, 1.54) is 11.3 Å². The molecular formula is C29H35N9O3S2. The molecule has 0 spiro atoms. The minimum atomic E-state index is -0.391. The smallest absolute Gasteiger partial charge is 0.236 e. The third-order valence-electron chi connectivity index (χ3n) is 8.09. The van der Waals surface area contributed by atoms with E-state index in [2.05, 4.69) is 15.9 Å². The molecule has 5 heterocycles. The van der Waals surface area contributed by atoms with Crippen molar-refractivity contribution >= 4 is 49.6 Å². The van der Waals surface area contributed by atoms with Gasteiger partial charge in [-0.15, -0.1) is 5.10 Å². The van der Waals surface area contributed by atoms with Gasteiger partial charge >= 0.3 is 0 Å². The summed E-state index contributed by atoms with van der Waals surface area (Å²) in [5.74, 6) is 0.862. The zero-order valence-corrected chi connectivity index (χ0v) is 26.4. The number of aliphatic hydroxyl groups is 1. The number of benzene rings is 1. The summed E-state index contributed by atoms with van der Waals surface area (Å²) in [7, 11) is 5.60. The molecule has 1 N–H and O–H groups in total. The molecule has 4 aromatic rings. The Bertz CT molecular complexity index is 1650. The van der Waals surface area contributed by atoms with Gasteiger partial charge < -0.3 is 24.5 Å². The number of aromatic nitrogens is 4. The van der Waals surface area contributed by atoms with Crippen molar-refractivity contribution in [1.82, 2.24) is 29.4 Å². The number of rotatable bonds is 10. The molecule has 3 aromatic heterocycles. The summed E-state index contributed by atoms with van der Waals surface area (Å²) >= 11 is 2.89. The number of likely N-dealkylation sites (tertiary alicyclic amines) is 1. The summed E-state index contributed by atoms with van der Waals surface area (Å²) in [5.41, 5.74) is 3.58. The van der Waals surface area contributed by atoms with Crippen LogP contribution in [0.25, 0.3) is 16.2 Å². The Hall–Kier alpha value is -3.61. The number of aliphatic hydroxyl groups excluding tert-OH is 1. The SMILES string of the molecule is COCCc1nc2sc(N3CC[C@@H](N(C)CC(=O)N4CC(O)C4)C3)nn2c1N(C)c1nc(-c2ccc(C)cc2)c(C#N)s1. The van der Waals surface area contributed by atoms with Crippen molar-refractivity contribution in [2.24, 2.45) is 0 Å². The number of likely N-dealkylation sites (N-methyl/N-ethyl adjacent to an activating group) is 1. The number of ether oxygens (including phenoxy) is 1. The molecule has 6 rings (SSSR count). The fourth-order valence-electron chi connectivity index (χ4n) is 5.50. The summed E-state index contributed by atoms with van der Waals surface area (Å²) in [5, 5.41) is 26.0. The molecule has 2 aliphatic heterocycles. The molecule has 1 amide bonds. The minimum Gasteiger partial charge on any atom is -0.389 e. The van der Waals surface area contributed by atoms with Gasteiger partial charge in [-0.3, -0.25) is 9.69 Å². The normalized spacial score (nSPS) is 17.2. The second-order valence-electron chi connectivity index (χ2n) is 11.2. The summed E-state index contributed by atoms with van der Waals surface area (Å²) in [4.78, 5) is 31.7. The van der Waals surface area contributed by atoms with Crippen LogP contribution in [0.15, 0.2) is 24.3 Å².